The largest absolute Gasteiger partial charge is 0.496 e. The molecule has 0 fully saturated rings. The van der Waals surface area contributed by atoms with Gasteiger partial charge in [-0.3, -0.25) is 0 Å². The summed E-state index contributed by atoms with van der Waals surface area (Å²) in [6.07, 6.45) is 1.56. The fraction of sp³-hybridized carbons (Fsp3) is 0.238. The van der Waals surface area contributed by atoms with Crippen molar-refractivity contribution >= 4 is 28.1 Å². The van der Waals surface area contributed by atoms with E-state index in [0.717, 1.165) is 27.5 Å². The molecule has 0 saturated carbocycles. The number of anilines is 1. The van der Waals surface area contributed by atoms with Gasteiger partial charge in [0.1, 0.15) is 23.7 Å². The van der Waals surface area contributed by atoms with E-state index in [1.165, 1.54) is 11.6 Å². The van der Waals surface area contributed by atoms with E-state index in [-0.39, 0.29) is 5.82 Å². The van der Waals surface area contributed by atoms with Gasteiger partial charge in [-0.1, -0.05) is 0 Å². The molecular weight excluding hydrogens is 375 g/mol. The van der Waals surface area contributed by atoms with Crippen LogP contribution in [0, 0.1) is 19.7 Å². The minimum absolute atomic E-state index is 0.249. The van der Waals surface area contributed by atoms with Gasteiger partial charge in [0, 0.05) is 30.2 Å². The highest BCUT2D eigenvalue weighted by molar-refractivity contribution is 7.13. The van der Waals surface area contributed by atoms with Crippen molar-refractivity contribution in [2.75, 3.05) is 19.0 Å². The minimum atomic E-state index is -0.249. The average Bonchev–Trinajstić information content (AvgIpc) is 3.27. The SMILES string of the molecule is COc1ccc(F)c2c1cc(C)n2CCNc1cc(-c2cc(C)cs2)ncn1. The summed E-state index contributed by atoms with van der Waals surface area (Å²) in [6.45, 7) is 5.26. The molecular formula is C21H21FN4OS. The van der Waals surface area contributed by atoms with Crippen LogP contribution in [0.5, 0.6) is 5.75 Å². The first-order valence-electron chi connectivity index (χ1n) is 9.00. The summed E-state index contributed by atoms with van der Waals surface area (Å²) in [7, 11) is 1.60. The van der Waals surface area contributed by atoms with Gasteiger partial charge in [-0.05, 0) is 49.1 Å². The van der Waals surface area contributed by atoms with Crippen LogP contribution in [0.2, 0.25) is 0 Å². The number of aryl methyl sites for hydroxylation is 2. The summed E-state index contributed by atoms with van der Waals surface area (Å²) >= 11 is 1.67. The molecule has 4 aromatic rings. The Morgan fingerprint density at radius 3 is 2.79 bits per heavy atom. The molecule has 3 aromatic heterocycles. The molecule has 0 aliphatic rings. The second kappa shape index (κ2) is 7.59. The van der Waals surface area contributed by atoms with Crippen LogP contribution in [0.3, 0.4) is 0 Å². The maximum Gasteiger partial charge on any atom is 0.147 e. The number of rotatable bonds is 6. The smallest absolute Gasteiger partial charge is 0.147 e. The minimum Gasteiger partial charge on any atom is -0.496 e. The normalized spacial score (nSPS) is 11.1. The average molecular weight is 396 g/mol. The van der Waals surface area contributed by atoms with Gasteiger partial charge < -0.3 is 14.6 Å². The van der Waals surface area contributed by atoms with E-state index in [1.807, 2.05) is 23.6 Å². The molecule has 0 aliphatic carbocycles. The summed E-state index contributed by atoms with van der Waals surface area (Å²) in [5, 5.41) is 6.21. The summed E-state index contributed by atoms with van der Waals surface area (Å²) in [5.74, 6) is 1.18. The number of nitrogens with one attached hydrogen (secondary N) is 1. The molecule has 0 amide bonds. The number of halogens is 1. The molecule has 5 nitrogen and oxygen atoms in total. The van der Waals surface area contributed by atoms with Crippen molar-refractivity contribution in [3.63, 3.8) is 0 Å². The van der Waals surface area contributed by atoms with Crippen molar-refractivity contribution in [3.8, 4) is 16.3 Å². The number of benzene rings is 1. The van der Waals surface area contributed by atoms with Gasteiger partial charge >= 0.3 is 0 Å². The lowest BCUT2D eigenvalue weighted by Gasteiger charge is -2.11. The number of hydrogen-bond donors (Lipinski definition) is 1. The van der Waals surface area contributed by atoms with E-state index in [0.29, 0.717) is 24.4 Å². The Morgan fingerprint density at radius 1 is 1.18 bits per heavy atom. The fourth-order valence-corrected chi connectivity index (χ4v) is 4.22. The van der Waals surface area contributed by atoms with Gasteiger partial charge in [0.2, 0.25) is 0 Å². The lowest BCUT2D eigenvalue weighted by Crippen LogP contribution is -2.12. The molecule has 0 atom stereocenters. The maximum absolute atomic E-state index is 14.5. The van der Waals surface area contributed by atoms with Crippen LogP contribution in [0.25, 0.3) is 21.5 Å². The molecule has 0 saturated heterocycles. The lowest BCUT2D eigenvalue weighted by atomic mass is 10.2. The zero-order valence-electron chi connectivity index (χ0n) is 16.0. The third-order valence-electron chi connectivity index (χ3n) is 4.69. The Morgan fingerprint density at radius 2 is 2.04 bits per heavy atom. The Kier molecular flexibility index (Phi) is 5.00. The van der Waals surface area contributed by atoms with E-state index in [1.54, 1.807) is 30.8 Å². The number of ether oxygens (including phenoxy) is 1. The van der Waals surface area contributed by atoms with E-state index < -0.39 is 0 Å². The molecule has 1 N–H and O–H groups in total. The topological polar surface area (TPSA) is 52.0 Å². The third kappa shape index (κ3) is 3.45. The second-order valence-electron chi connectivity index (χ2n) is 6.65. The molecule has 28 heavy (non-hydrogen) atoms. The van der Waals surface area contributed by atoms with Crippen molar-refractivity contribution in [1.82, 2.24) is 14.5 Å². The number of hydrogen-bond acceptors (Lipinski definition) is 5. The van der Waals surface area contributed by atoms with Crippen LogP contribution < -0.4 is 10.1 Å². The van der Waals surface area contributed by atoms with E-state index in [2.05, 4.69) is 33.7 Å². The first-order valence-corrected chi connectivity index (χ1v) is 9.88. The number of methoxy groups -OCH3 is 1. The van der Waals surface area contributed by atoms with Gasteiger partial charge in [0.25, 0.3) is 0 Å². The van der Waals surface area contributed by atoms with Crippen molar-refractivity contribution in [2.24, 2.45) is 0 Å². The molecule has 0 unspecified atom stereocenters. The summed E-state index contributed by atoms with van der Waals surface area (Å²) < 4.78 is 21.8. The Hall–Kier alpha value is -2.93. The number of thiophene rings is 1. The van der Waals surface area contributed by atoms with Crippen LogP contribution in [0.1, 0.15) is 11.3 Å². The summed E-state index contributed by atoms with van der Waals surface area (Å²) in [4.78, 5) is 9.77. The van der Waals surface area contributed by atoms with Crippen LogP contribution in [-0.4, -0.2) is 28.2 Å². The third-order valence-corrected chi connectivity index (χ3v) is 5.76. The zero-order chi connectivity index (χ0) is 19.7. The van der Waals surface area contributed by atoms with Gasteiger partial charge in [0.15, 0.2) is 0 Å². The quantitative estimate of drug-likeness (QED) is 0.496. The standard InChI is InChI=1S/C21H21FN4OS/c1-13-8-19(28-11-13)17-10-20(25-12-24-17)23-6-7-26-14(2)9-15-18(27-3)5-4-16(22)21(15)26/h4-5,8-12H,6-7H2,1-3H3,(H,23,24,25). The molecule has 1 aromatic carbocycles. The highest BCUT2D eigenvalue weighted by Gasteiger charge is 2.14. The maximum atomic E-state index is 14.5. The molecule has 0 spiro atoms. The Balaban J connectivity index is 1.53. The molecule has 7 heteroatoms. The molecule has 0 radical (unpaired) electrons. The lowest BCUT2D eigenvalue weighted by molar-refractivity contribution is 0.419. The van der Waals surface area contributed by atoms with Crippen molar-refractivity contribution in [1.29, 1.82) is 0 Å². The number of fused-ring (bicyclic) bond motifs is 1. The van der Waals surface area contributed by atoms with Crippen molar-refractivity contribution < 1.29 is 9.13 Å². The Labute approximate surface area is 166 Å². The van der Waals surface area contributed by atoms with Gasteiger partial charge in [-0.15, -0.1) is 11.3 Å². The second-order valence-corrected chi connectivity index (χ2v) is 7.56. The predicted octanol–water partition coefficient (Wildman–Crippen LogP) is 5.04. The highest BCUT2D eigenvalue weighted by atomic mass is 32.1. The van der Waals surface area contributed by atoms with Gasteiger partial charge in [0.05, 0.1) is 23.2 Å². The Bertz CT molecular complexity index is 1130. The van der Waals surface area contributed by atoms with Crippen LogP contribution in [0.4, 0.5) is 10.2 Å². The fourth-order valence-electron chi connectivity index (χ4n) is 3.36. The molecule has 0 aliphatic heterocycles. The van der Waals surface area contributed by atoms with Crippen molar-refractivity contribution in [3.05, 3.63) is 59.1 Å². The van der Waals surface area contributed by atoms with Crippen LogP contribution in [-0.2, 0) is 6.54 Å². The monoisotopic (exact) mass is 396 g/mol. The number of aromatic nitrogens is 3. The van der Waals surface area contributed by atoms with E-state index in [4.69, 9.17) is 4.74 Å². The van der Waals surface area contributed by atoms with E-state index >= 15 is 0 Å². The predicted molar refractivity (Wildman–Crippen MR) is 112 cm³/mol. The molecule has 0 bridgehead atoms. The van der Waals surface area contributed by atoms with Gasteiger partial charge in [-0.25, -0.2) is 14.4 Å². The van der Waals surface area contributed by atoms with E-state index in [9.17, 15) is 4.39 Å². The first-order chi connectivity index (χ1) is 13.6. The van der Waals surface area contributed by atoms with Crippen molar-refractivity contribution in [2.45, 2.75) is 20.4 Å². The summed E-state index contributed by atoms with van der Waals surface area (Å²) in [6, 6.07) is 9.12. The first kappa shape index (κ1) is 18.4. The van der Waals surface area contributed by atoms with Crippen LogP contribution >= 0.6 is 11.3 Å². The summed E-state index contributed by atoms with van der Waals surface area (Å²) in [5.41, 5.74) is 3.67. The molecule has 144 valence electrons. The van der Waals surface area contributed by atoms with Gasteiger partial charge in [-0.2, -0.15) is 0 Å². The van der Waals surface area contributed by atoms with Crippen LogP contribution in [0.15, 0.2) is 42.0 Å². The highest BCUT2D eigenvalue weighted by Crippen LogP contribution is 2.31. The molecule has 3 heterocycles. The molecule has 4 rings (SSSR count). The number of nitrogens with zero attached hydrogens (tertiary/aromatic N) is 3. The zero-order valence-corrected chi connectivity index (χ0v) is 16.8.